The molecule has 0 unspecified atom stereocenters. The summed E-state index contributed by atoms with van der Waals surface area (Å²) in [5.41, 5.74) is 7.60. The highest BCUT2D eigenvalue weighted by atomic mass is 19.1. The summed E-state index contributed by atoms with van der Waals surface area (Å²) in [5.74, 6) is 0.482. The van der Waals surface area contributed by atoms with Gasteiger partial charge in [0.15, 0.2) is 0 Å². The topological polar surface area (TPSA) is 42.1 Å². The molecule has 0 saturated heterocycles. The third-order valence-corrected chi connectivity index (χ3v) is 2.82. The van der Waals surface area contributed by atoms with Crippen molar-refractivity contribution in [2.24, 2.45) is 5.73 Å². The molecule has 18 heavy (non-hydrogen) atoms. The number of aromatic nitrogens is 1. The van der Waals surface area contributed by atoms with Gasteiger partial charge in [-0.25, -0.2) is 9.37 Å². The maximum absolute atomic E-state index is 13.2. The first-order chi connectivity index (χ1) is 8.59. The normalized spacial score (nSPS) is 12.2. The fourth-order valence-corrected chi connectivity index (χ4v) is 1.85. The van der Waals surface area contributed by atoms with Gasteiger partial charge in [-0.1, -0.05) is 12.1 Å². The second kappa shape index (κ2) is 5.14. The predicted molar refractivity (Wildman–Crippen MR) is 71.3 cm³/mol. The van der Waals surface area contributed by atoms with E-state index < -0.39 is 0 Å². The van der Waals surface area contributed by atoms with Crippen LogP contribution in [0, 0.1) is 5.82 Å². The zero-order chi connectivity index (χ0) is 13.1. The Morgan fingerprint density at radius 1 is 1.28 bits per heavy atom. The number of rotatable bonds is 3. The first kappa shape index (κ1) is 12.5. The van der Waals surface area contributed by atoms with Crippen LogP contribution in [0.2, 0.25) is 0 Å². The number of anilines is 2. The van der Waals surface area contributed by atoms with Gasteiger partial charge in [0.2, 0.25) is 0 Å². The molecule has 2 aromatic rings. The average molecular weight is 245 g/mol. The van der Waals surface area contributed by atoms with E-state index in [1.54, 1.807) is 12.3 Å². The molecule has 2 rings (SSSR count). The molecule has 0 saturated carbocycles. The second-order valence-corrected chi connectivity index (χ2v) is 4.24. The van der Waals surface area contributed by atoms with Crippen LogP contribution in [0.1, 0.15) is 18.5 Å². The van der Waals surface area contributed by atoms with Gasteiger partial charge in [-0.2, -0.15) is 0 Å². The highest BCUT2D eigenvalue weighted by Gasteiger charge is 2.13. The fourth-order valence-electron chi connectivity index (χ4n) is 1.85. The highest BCUT2D eigenvalue weighted by molar-refractivity contribution is 5.62. The van der Waals surface area contributed by atoms with Crippen LogP contribution < -0.4 is 10.6 Å². The Morgan fingerprint density at radius 2 is 2.06 bits per heavy atom. The Morgan fingerprint density at radius 3 is 2.72 bits per heavy atom. The van der Waals surface area contributed by atoms with Crippen molar-refractivity contribution in [1.82, 2.24) is 4.98 Å². The van der Waals surface area contributed by atoms with Crippen molar-refractivity contribution in [3.8, 4) is 0 Å². The summed E-state index contributed by atoms with van der Waals surface area (Å²) in [6, 6.07) is 10.1. The molecule has 0 aliphatic heterocycles. The quantitative estimate of drug-likeness (QED) is 0.903. The van der Waals surface area contributed by atoms with Gasteiger partial charge in [0, 0.05) is 30.5 Å². The number of hydrogen-bond acceptors (Lipinski definition) is 3. The second-order valence-electron chi connectivity index (χ2n) is 4.24. The summed E-state index contributed by atoms with van der Waals surface area (Å²) in [7, 11) is 1.85. The standard InChI is InChI=1S/C14H16FN3/c1-10(16)13-7-4-8-17-14(13)18(2)12-6-3-5-11(15)9-12/h3-10H,16H2,1-2H3/t10-/m0/s1. The monoisotopic (exact) mass is 245 g/mol. The molecule has 1 aromatic carbocycles. The Hall–Kier alpha value is -1.94. The van der Waals surface area contributed by atoms with Crippen molar-refractivity contribution >= 4 is 11.5 Å². The van der Waals surface area contributed by atoms with E-state index in [1.165, 1.54) is 12.1 Å². The van der Waals surface area contributed by atoms with Crippen LogP contribution >= 0.6 is 0 Å². The van der Waals surface area contributed by atoms with Gasteiger partial charge in [-0.15, -0.1) is 0 Å². The molecular weight excluding hydrogens is 229 g/mol. The van der Waals surface area contributed by atoms with E-state index in [9.17, 15) is 4.39 Å². The summed E-state index contributed by atoms with van der Waals surface area (Å²) in [6.07, 6.45) is 1.71. The SMILES string of the molecule is C[C@H](N)c1cccnc1N(C)c1cccc(F)c1. The zero-order valence-electron chi connectivity index (χ0n) is 10.5. The lowest BCUT2D eigenvalue weighted by molar-refractivity contribution is 0.628. The molecule has 0 spiro atoms. The van der Waals surface area contributed by atoms with E-state index in [0.29, 0.717) is 0 Å². The molecule has 0 bridgehead atoms. The van der Waals surface area contributed by atoms with Crippen LogP contribution in [0.25, 0.3) is 0 Å². The molecule has 1 atom stereocenters. The number of pyridine rings is 1. The molecule has 1 aromatic heterocycles. The zero-order valence-corrected chi connectivity index (χ0v) is 10.5. The summed E-state index contributed by atoms with van der Waals surface area (Å²) in [4.78, 5) is 6.16. The summed E-state index contributed by atoms with van der Waals surface area (Å²) >= 11 is 0. The summed E-state index contributed by atoms with van der Waals surface area (Å²) in [6.45, 7) is 1.90. The molecule has 0 radical (unpaired) electrons. The van der Waals surface area contributed by atoms with E-state index in [2.05, 4.69) is 4.98 Å². The van der Waals surface area contributed by atoms with Gasteiger partial charge in [-0.05, 0) is 31.2 Å². The Bertz CT molecular complexity index is 540. The predicted octanol–water partition coefficient (Wildman–Crippen LogP) is 3.01. The molecule has 2 N–H and O–H groups in total. The molecule has 0 fully saturated rings. The van der Waals surface area contributed by atoms with Crippen molar-refractivity contribution in [2.75, 3.05) is 11.9 Å². The lowest BCUT2D eigenvalue weighted by atomic mass is 10.1. The number of hydrogen-bond donors (Lipinski definition) is 1. The van der Waals surface area contributed by atoms with Crippen molar-refractivity contribution in [3.05, 3.63) is 54.0 Å². The van der Waals surface area contributed by atoms with Gasteiger partial charge in [-0.3, -0.25) is 0 Å². The van der Waals surface area contributed by atoms with Crippen LogP contribution in [-0.2, 0) is 0 Å². The Labute approximate surface area is 106 Å². The summed E-state index contributed by atoms with van der Waals surface area (Å²) < 4.78 is 13.2. The van der Waals surface area contributed by atoms with Gasteiger partial charge >= 0.3 is 0 Å². The maximum atomic E-state index is 13.2. The minimum absolute atomic E-state index is 0.121. The van der Waals surface area contributed by atoms with E-state index in [1.807, 2.05) is 37.1 Å². The molecular formula is C14H16FN3. The minimum atomic E-state index is -0.266. The van der Waals surface area contributed by atoms with Gasteiger partial charge < -0.3 is 10.6 Å². The molecule has 1 heterocycles. The van der Waals surface area contributed by atoms with E-state index in [4.69, 9.17) is 5.73 Å². The number of nitrogens with two attached hydrogens (primary N) is 1. The van der Waals surface area contributed by atoms with Crippen molar-refractivity contribution in [1.29, 1.82) is 0 Å². The molecule has 4 heteroatoms. The van der Waals surface area contributed by atoms with Crippen molar-refractivity contribution in [3.63, 3.8) is 0 Å². The van der Waals surface area contributed by atoms with Gasteiger partial charge in [0.05, 0.1) is 0 Å². The minimum Gasteiger partial charge on any atom is -0.329 e. The molecule has 0 amide bonds. The largest absolute Gasteiger partial charge is 0.329 e. The van der Waals surface area contributed by atoms with Crippen LogP contribution in [-0.4, -0.2) is 12.0 Å². The van der Waals surface area contributed by atoms with E-state index in [0.717, 1.165) is 17.1 Å². The van der Waals surface area contributed by atoms with Crippen LogP contribution in [0.5, 0.6) is 0 Å². The first-order valence-corrected chi connectivity index (χ1v) is 5.79. The number of halogens is 1. The number of nitrogens with zero attached hydrogens (tertiary/aromatic N) is 2. The maximum Gasteiger partial charge on any atom is 0.137 e. The first-order valence-electron chi connectivity index (χ1n) is 5.79. The average Bonchev–Trinajstić information content (AvgIpc) is 2.38. The molecule has 0 aliphatic rings. The lowest BCUT2D eigenvalue weighted by Crippen LogP contribution is -2.17. The highest BCUT2D eigenvalue weighted by Crippen LogP contribution is 2.27. The van der Waals surface area contributed by atoms with Crippen LogP contribution in [0.15, 0.2) is 42.6 Å². The molecule has 0 aliphatic carbocycles. The van der Waals surface area contributed by atoms with E-state index in [-0.39, 0.29) is 11.9 Å². The molecule has 94 valence electrons. The Kier molecular flexibility index (Phi) is 3.58. The Balaban J connectivity index is 2.43. The van der Waals surface area contributed by atoms with Crippen LogP contribution in [0.3, 0.4) is 0 Å². The third-order valence-electron chi connectivity index (χ3n) is 2.82. The summed E-state index contributed by atoms with van der Waals surface area (Å²) in [5, 5.41) is 0. The number of benzene rings is 1. The lowest BCUT2D eigenvalue weighted by Gasteiger charge is -2.22. The smallest absolute Gasteiger partial charge is 0.137 e. The van der Waals surface area contributed by atoms with Gasteiger partial charge in [0.25, 0.3) is 0 Å². The van der Waals surface area contributed by atoms with Crippen molar-refractivity contribution < 1.29 is 4.39 Å². The van der Waals surface area contributed by atoms with E-state index >= 15 is 0 Å². The van der Waals surface area contributed by atoms with Crippen molar-refractivity contribution in [2.45, 2.75) is 13.0 Å². The van der Waals surface area contributed by atoms with Crippen LogP contribution in [0.4, 0.5) is 15.9 Å². The molecule has 3 nitrogen and oxygen atoms in total. The van der Waals surface area contributed by atoms with Gasteiger partial charge in [0.1, 0.15) is 11.6 Å². The third kappa shape index (κ3) is 2.49. The fraction of sp³-hybridized carbons (Fsp3) is 0.214.